The second kappa shape index (κ2) is 6.93. The minimum Gasteiger partial charge on any atom is -0.0763 e. The summed E-state index contributed by atoms with van der Waals surface area (Å²) in [5.41, 5.74) is 13.5. The van der Waals surface area contributed by atoms with Crippen LogP contribution in [0.4, 0.5) is 0 Å². The van der Waals surface area contributed by atoms with Gasteiger partial charge in [-0.25, -0.2) is 0 Å². The summed E-state index contributed by atoms with van der Waals surface area (Å²) in [6.07, 6.45) is 7.12. The fourth-order valence-corrected chi connectivity index (χ4v) is 6.95. The quantitative estimate of drug-likeness (QED) is 0.254. The lowest BCUT2D eigenvalue weighted by Crippen LogP contribution is -2.32. The molecule has 0 amide bonds. The molecule has 0 bridgehead atoms. The molecule has 0 nitrogen and oxygen atoms in total. The molecule has 0 N–H and O–H groups in total. The van der Waals surface area contributed by atoms with E-state index in [0.29, 0.717) is 0 Å². The number of hydrogen-bond donors (Lipinski definition) is 0. The van der Waals surface area contributed by atoms with Gasteiger partial charge < -0.3 is 0 Å². The maximum absolute atomic E-state index is 2.46. The topological polar surface area (TPSA) is 0 Å². The number of hydrogen-bond acceptors (Lipinski definition) is 0. The van der Waals surface area contributed by atoms with E-state index in [1.54, 1.807) is 0 Å². The van der Waals surface area contributed by atoms with E-state index in [1.165, 1.54) is 66.1 Å². The zero-order valence-corrected chi connectivity index (χ0v) is 19.5. The Morgan fingerprint density at radius 3 is 2.00 bits per heavy atom. The molecule has 164 valence electrons. The Hall–Kier alpha value is -4.16. The lowest BCUT2D eigenvalue weighted by Gasteiger charge is -2.30. The van der Waals surface area contributed by atoms with Crippen LogP contribution >= 0.6 is 0 Å². The highest BCUT2D eigenvalue weighted by molar-refractivity contribution is 5.96. The van der Waals surface area contributed by atoms with Crippen molar-refractivity contribution in [1.82, 2.24) is 0 Å². The van der Waals surface area contributed by atoms with E-state index in [2.05, 4.69) is 121 Å². The van der Waals surface area contributed by atoms with Gasteiger partial charge >= 0.3 is 0 Å². The molecule has 0 aliphatic heterocycles. The van der Waals surface area contributed by atoms with E-state index >= 15 is 0 Å². The van der Waals surface area contributed by atoms with Crippen LogP contribution in [0.25, 0.3) is 45.5 Å². The first-order valence-corrected chi connectivity index (χ1v) is 12.6. The predicted molar refractivity (Wildman–Crippen MR) is 146 cm³/mol. The van der Waals surface area contributed by atoms with Crippen LogP contribution in [0.5, 0.6) is 0 Å². The molecule has 1 atom stereocenters. The van der Waals surface area contributed by atoms with E-state index < -0.39 is 0 Å². The lowest BCUT2D eigenvalue weighted by atomic mass is 9.70. The van der Waals surface area contributed by atoms with Gasteiger partial charge in [-0.15, -0.1) is 0 Å². The highest BCUT2D eigenvalue weighted by atomic mass is 14.5. The maximum Gasteiger partial charge on any atom is 0.0725 e. The Bertz CT molecular complexity index is 1790. The molecule has 0 saturated heterocycles. The minimum atomic E-state index is -0.289. The number of fused-ring (bicyclic) bond motifs is 12. The molecule has 5 aromatic carbocycles. The van der Waals surface area contributed by atoms with Crippen LogP contribution in [-0.4, -0.2) is 0 Å². The van der Waals surface area contributed by atoms with E-state index in [9.17, 15) is 0 Å². The fraction of sp³-hybridized carbons (Fsp3) is 0.0857. The molecule has 3 aliphatic carbocycles. The summed E-state index contributed by atoms with van der Waals surface area (Å²) in [5, 5.41) is 2.80. The van der Waals surface area contributed by atoms with Crippen LogP contribution in [0, 0.1) is 0 Å². The smallest absolute Gasteiger partial charge is 0.0725 e. The molecule has 0 radical (unpaired) electrons. The van der Waals surface area contributed by atoms with Crippen LogP contribution in [0.3, 0.4) is 0 Å². The van der Waals surface area contributed by atoms with E-state index in [4.69, 9.17) is 0 Å². The first-order valence-electron chi connectivity index (χ1n) is 12.6. The molecule has 0 heteroatoms. The molecule has 5 aromatic rings. The standard InChI is InChI=1S/C35H24/c1-2-10-23(11-3-1)25-18-20-28-27-14-6-8-16-30(27)35(33(28)22-25)31-17-9-7-15-29(31)34-26-13-5-4-12-24(26)19-21-32(34)35/h1-3,6-22H,4-5H2. The van der Waals surface area contributed by atoms with Gasteiger partial charge in [0, 0.05) is 0 Å². The van der Waals surface area contributed by atoms with Crippen molar-refractivity contribution in [2.75, 3.05) is 0 Å². The highest BCUT2D eigenvalue weighted by Gasteiger charge is 2.51. The van der Waals surface area contributed by atoms with Gasteiger partial charge in [-0.05, 0) is 85.0 Å². The Kier molecular flexibility index (Phi) is 3.80. The van der Waals surface area contributed by atoms with Crippen molar-refractivity contribution in [3.05, 3.63) is 142 Å². The molecule has 0 heterocycles. The third-order valence-electron chi connectivity index (χ3n) is 8.31. The Labute approximate surface area is 205 Å². The summed E-state index contributed by atoms with van der Waals surface area (Å²) >= 11 is 0. The molecule has 8 rings (SSSR count). The number of benzene rings is 5. The van der Waals surface area contributed by atoms with Crippen LogP contribution in [0.1, 0.15) is 35.1 Å². The molecule has 0 fully saturated rings. The highest BCUT2D eigenvalue weighted by Crippen LogP contribution is 2.62. The van der Waals surface area contributed by atoms with Crippen LogP contribution in [-0.2, 0) is 5.41 Å². The van der Waals surface area contributed by atoms with Gasteiger partial charge in [-0.3, -0.25) is 0 Å². The molecule has 0 aromatic heterocycles. The monoisotopic (exact) mass is 444 g/mol. The Morgan fingerprint density at radius 1 is 0.457 bits per heavy atom. The zero-order chi connectivity index (χ0) is 23.0. The third-order valence-corrected chi connectivity index (χ3v) is 8.31. The SMILES string of the molecule is C1=c2ccc3c(c2=CCC1)-c1ccccc1C31c2ccccc2-c2ccc(-c3ccccc3)cc21. The van der Waals surface area contributed by atoms with Crippen molar-refractivity contribution in [2.45, 2.75) is 18.3 Å². The second-order valence-corrected chi connectivity index (χ2v) is 9.94. The Morgan fingerprint density at radius 2 is 1.14 bits per heavy atom. The third kappa shape index (κ3) is 2.37. The summed E-state index contributed by atoms with van der Waals surface area (Å²) in [7, 11) is 0. The maximum atomic E-state index is 2.46. The van der Waals surface area contributed by atoms with Gasteiger partial charge in [0.15, 0.2) is 0 Å². The molecule has 0 saturated carbocycles. The molecule has 1 unspecified atom stereocenters. The van der Waals surface area contributed by atoms with Crippen molar-refractivity contribution >= 4 is 12.2 Å². The van der Waals surface area contributed by atoms with Gasteiger partial charge in [-0.1, -0.05) is 115 Å². The molecule has 1 spiro atoms. The van der Waals surface area contributed by atoms with E-state index in [0.717, 1.165) is 12.8 Å². The van der Waals surface area contributed by atoms with Crippen molar-refractivity contribution in [3.63, 3.8) is 0 Å². The Balaban J connectivity index is 1.56. The van der Waals surface area contributed by atoms with Gasteiger partial charge in [0.2, 0.25) is 0 Å². The normalized spacial score (nSPS) is 18.1. The van der Waals surface area contributed by atoms with Crippen LogP contribution < -0.4 is 10.4 Å². The summed E-state index contributed by atoms with van der Waals surface area (Å²) < 4.78 is 0. The summed E-state index contributed by atoms with van der Waals surface area (Å²) in [6, 6.07) is 40.9. The summed E-state index contributed by atoms with van der Waals surface area (Å²) in [4.78, 5) is 0. The molecule has 3 aliphatic rings. The first-order chi connectivity index (χ1) is 17.4. The van der Waals surface area contributed by atoms with Crippen LogP contribution in [0.2, 0.25) is 0 Å². The van der Waals surface area contributed by atoms with Gasteiger partial charge in [0.1, 0.15) is 0 Å². The molecular weight excluding hydrogens is 420 g/mol. The van der Waals surface area contributed by atoms with Crippen molar-refractivity contribution in [3.8, 4) is 33.4 Å². The largest absolute Gasteiger partial charge is 0.0763 e. The second-order valence-electron chi connectivity index (χ2n) is 9.94. The average molecular weight is 445 g/mol. The minimum absolute atomic E-state index is 0.289. The zero-order valence-electron chi connectivity index (χ0n) is 19.5. The van der Waals surface area contributed by atoms with E-state index in [-0.39, 0.29) is 5.41 Å². The lowest BCUT2D eigenvalue weighted by molar-refractivity contribution is 0.793. The van der Waals surface area contributed by atoms with Crippen LogP contribution in [0.15, 0.2) is 109 Å². The number of rotatable bonds is 1. The van der Waals surface area contributed by atoms with E-state index in [1.807, 2.05) is 0 Å². The van der Waals surface area contributed by atoms with Gasteiger partial charge in [0.05, 0.1) is 5.41 Å². The summed E-state index contributed by atoms with van der Waals surface area (Å²) in [6.45, 7) is 0. The van der Waals surface area contributed by atoms with Crippen molar-refractivity contribution in [2.24, 2.45) is 0 Å². The van der Waals surface area contributed by atoms with Crippen molar-refractivity contribution in [1.29, 1.82) is 0 Å². The molecule has 35 heavy (non-hydrogen) atoms. The fourth-order valence-electron chi connectivity index (χ4n) is 6.95. The average Bonchev–Trinajstić information content (AvgIpc) is 3.41. The predicted octanol–water partition coefficient (Wildman–Crippen LogP) is 7.05. The first kappa shape index (κ1) is 19.2. The van der Waals surface area contributed by atoms with Gasteiger partial charge in [-0.2, -0.15) is 0 Å². The molecular formula is C35H24. The van der Waals surface area contributed by atoms with Crippen molar-refractivity contribution < 1.29 is 0 Å². The summed E-state index contributed by atoms with van der Waals surface area (Å²) in [5.74, 6) is 0. The van der Waals surface area contributed by atoms with Gasteiger partial charge in [0.25, 0.3) is 0 Å².